The number of carbonyl (C=O) groups is 1. The second-order valence-corrected chi connectivity index (χ2v) is 3.94. The van der Waals surface area contributed by atoms with Crippen LogP contribution < -0.4 is 0 Å². The Morgan fingerprint density at radius 2 is 2.12 bits per heavy atom. The van der Waals surface area contributed by atoms with Crippen LogP contribution in [-0.4, -0.2) is 37.1 Å². The fraction of sp³-hybridized carbons (Fsp3) is 0.417. The first-order valence-corrected chi connectivity index (χ1v) is 5.29. The lowest BCUT2D eigenvalue weighted by molar-refractivity contribution is 0.0711. The maximum Gasteiger partial charge on any atom is 0.253 e. The molecule has 86 valence electrons. The summed E-state index contributed by atoms with van der Waals surface area (Å²) in [5.41, 5.74) is 0.510. The molecule has 0 spiro atoms. The Hall–Kier alpha value is -1.42. The van der Waals surface area contributed by atoms with Crippen LogP contribution in [0.25, 0.3) is 0 Å². The molecule has 1 aliphatic heterocycles. The highest BCUT2D eigenvalue weighted by Crippen LogP contribution is 2.14. The summed E-state index contributed by atoms with van der Waals surface area (Å²) in [6, 6.07) is 5.74. The number of hydrogen-bond acceptors (Lipinski definition) is 2. The summed E-state index contributed by atoms with van der Waals surface area (Å²) in [7, 11) is 1.75. The zero-order valence-corrected chi connectivity index (χ0v) is 9.15. The Bertz CT molecular complexity index is 371. The largest absolute Gasteiger partial charge is 0.379 e. The van der Waals surface area contributed by atoms with Gasteiger partial charge in [0, 0.05) is 19.2 Å². The van der Waals surface area contributed by atoms with Crippen molar-refractivity contribution in [1.29, 1.82) is 0 Å². The predicted octanol–water partition coefficient (Wildman–Crippen LogP) is 1.69. The van der Waals surface area contributed by atoms with Crippen LogP contribution in [0.3, 0.4) is 0 Å². The molecule has 1 saturated heterocycles. The lowest BCUT2D eigenvalue weighted by Crippen LogP contribution is -2.37. The minimum atomic E-state index is -0.330. The van der Waals surface area contributed by atoms with Gasteiger partial charge in [0.05, 0.1) is 12.6 Å². The molecule has 1 aromatic carbocycles. The summed E-state index contributed by atoms with van der Waals surface area (Å²) in [5.74, 6) is -0.418. The summed E-state index contributed by atoms with van der Waals surface area (Å²) in [5, 5.41) is 0. The van der Waals surface area contributed by atoms with E-state index in [0.717, 1.165) is 6.42 Å². The van der Waals surface area contributed by atoms with Crippen molar-refractivity contribution < 1.29 is 13.9 Å². The van der Waals surface area contributed by atoms with Crippen LogP contribution in [0.2, 0.25) is 0 Å². The lowest BCUT2D eigenvalue weighted by atomic mass is 10.1. The summed E-state index contributed by atoms with van der Waals surface area (Å²) in [4.78, 5) is 13.7. The van der Waals surface area contributed by atoms with Gasteiger partial charge in [0.2, 0.25) is 0 Å². The molecule has 1 atom stereocenters. The summed E-state index contributed by atoms with van der Waals surface area (Å²) < 4.78 is 17.9. The normalized spacial score (nSPS) is 19.8. The van der Waals surface area contributed by atoms with Gasteiger partial charge in [-0.05, 0) is 30.7 Å². The third-order valence-electron chi connectivity index (χ3n) is 2.86. The average Bonchev–Trinajstić information content (AvgIpc) is 2.81. The third-order valence-corrected chi connectivity index (χ3v) is 2.86. The fourth-order valence-corrected chi connectivity index (χ4v) is 1.79. The zero-order chi connectivity index (χ0) is 11.5. The topological polar surface area (TPSA) is 29.5 Å². The van der Waals surface area contributed by atoms with Crippen LogP contribution in [0.5, 0.6) is 0 Å². The molecular weight excluding hydrogens is 209 g/mol. The van der Waals surface area contributed by atoms with Crippen molar-refractivity contribution in [3.05, 3.63) is 35.6 Å². The van der Waals surface area contributed by atoms with E-state index in [1.54, 1.807) is 11.9 Å². The summed E-state index contributed by atoms with van der Waals surface area (Å²) in [6.07, 6.45) is 0.865. The van der Waals surface area contributed by atoms with Crippen molar-refractivity contribution in [2.45, 2.75) is 12.5 Å². The van der Waals surface area contributed by atoms with E-state index in [4.69, 9.17) is 4.74 Å². The van der Waals surface area contributed by atoms with Gasteiger partial charge in [-0.3, -0.25) is 4.79 Å². The number of hydrogen-bond donors (Lipinski definition) is 0. The molecule has 0 radical (unpaired) electrons. The average molecular weight is 223 g/mol. The molecule has 1 amide bonds. The van der Waals surface area contributed by atoms with E-state index >= 15 is 0 Å². The Labute approximate surface area is 93.8 Å². The summed E-state index contributed by atoms with van der Waals surface area (Å²) >= 11 is 0. The van der Waals surface area contributed by atoms with Crippen molar-refractivity contribution in [3.63, 3.8) is 0 Å². The standard InChI is InChI=1S/C12H14FNO2/c1-14(11-6-7-16-8-11)12(15)9-2-4-10(13)5-3-9/h2-5,11H,6-8H2,1H3. The first-order valence-electron chi connectivity index (χ1n) is 5.29. The molecule has 2 rings (SSSR count). The Balaban J connectivity index is 2.08. The van der Waals surface area contributed by atoms with Crippen LogP contribution in [0.1, 0.15) is 16.8 Å². The van der Waals surface area contributed by atoms with Crippen LogP contribution in [0, 0.1) is 5.82 Å². The number of carbonyl (C=O) groups excluding carboxylic acids is 1. The van der Waals surface area contributed by atoms with E-state index in [0.29, 0.717) is 18.8 Å². The van der Waals surface area contributed by atoms with Crippen molar-refractivity contribution in [1.82, 2.24) is 4.90 Å². The van der Waals surface area contributed by atoms with Crippen LogP contribution >= 0.6 is 0 Å². The van der Waals surface area contributed by atoms with Gasteiger partial charge in [-0.1, -0.05) is 0 Å². The molecule has 0 bridgehead atoms. The van der Waals surface area contributed by atoms with Gasteiger partial charge in [0.15, 0.2) is 0 Å². The molecule has 1 aromatic rings. The van der Waals surface area contributed by atoms with Gasteiger partial charge in [-0.25, -0.2) is 4.39 Å². The number of nitrogens with zero attached hydrogens (tertiary/aromatic N) is 1. The zero-order valence-electron chi connectivity index (χ0n) is 9.15. The number of amides is 1. The van der Waals surface area contributed by atoms with Crippen LogP contribution in [0.4, 0.5) is 4.39 Å². The molecule has 16 heavy (non-hydrogen) atoms. The Morgan fingerprint density at radius 3 is 2.69 bits per heavy atom. The van der Waals surface area contributed by atoms with Crippen molar-refractivity contribution in [2.75, 3.05) is 20.3 Å². The van der Waals surface area contributed by atoms with E-state index in [1.807, 2.05) is 0 Å². The first kappa shape index (κ1) is 11.1. The lowest BCUT2D eigenvalue weighted by Gasteiger charge is -2.23. The van der Waals surface area contributed by atoms with Crippen LogP contribution in [-0.2, 0) is 4.74 Å². The van der Waals surface area contributed by atoms with Gasteiger partial charge in [-0.15, -0.1) is 0 Å². The minimum Gasteiger partial charge on any atom is -0.379 e. The quantitative estimate of drug-likeness (QED) is 0.763. The fourth-order valence-electron chi connectivity index (χ4n) is 1.79. The molecule has 0 saturated carbocycles. The van der Waals surface area contributed by atoms with Crippen LogP contribution in [0.15, 0.2) is 24.3 Å². The van der Waals surface area contributed by atoms with E-state index in [-0.39, 0.29) is 17.8 Å². The highest BCUT2D eigenvalue weighted by Gasteiger charge is 2.24. The second-order valence-electron chi connectivity index (χ2n) is 3.94. The maximum absolute atomic E-state index is 12.7. The van der Waals surface area contributed by atoms with Gasteiger partial charge >= 0.3 is 0 Å². The molecular formula is C12H14FNO2. The first-order chi connectivity index (χ1) is 7.68. The van der Waals surface area contributed by atoms with E-state index in [1.165, 1.54) is 24.3 Å². The molecule has 1 fully saturated rings. The monoisotopic (exact) mass is 223 g/mol. The van der Waals surface area contributed by atoms with Gasteiger partial charge in [-0.2, -0.15) is 0 Å². The molecule has 3 nitrogen and oxygen atoms in total. The van der Waals surface area contributed by atoms with Crippen molar-refractivity contribution >= 4 is 5.91 Å². The minimum absolute atomic E-state index is 0.0875. The SMILES string of the molecule is CN(C(=O)c1ccc(F)cc1)C1CCOC1. The molecule has 0 aromatic heterocycles. The maximum atomic E-state index is 12.7. The summed E-state index contributed by atoms with van der Waals surface area (Å²) in [6.45, 7) is 1.29. The predicted molar refractivity (Wildman–Crippen MR) is 57.7 cm³/mol. The van der Waals surface area contributed by atoms with E-state index < -0.39 is 0 Å². The molecule has 0 N–H and O–H groups in total. The third kappa shape index (κ3) is 2.22. The van der Waals surface area contributed by atoms with Gasteiger partial charge in [0.1, 0.15) is 5.82 Å². The molecule has 0 aliphatic carbocycles. The van der Waals surface area contributed by atoms with Crippen molar-refractivity contribution in [2.24, 2.45) is 0 Å². The number of halogens is 1. The van der Waals surface area contributed by atoms with E-state index in [9.17, 15) is 9.18 Å². The van der Waals surface area contributed by atoms with E-state index in [2.05, 4.69) is 0 Å². The Kier molecular flexibility index (Phi) is 3.19. The van der Waals surface area contributed by atoms with Crippen molar-refractivity contribution in [3.8, 4) is 0 Å². The number of ether oxygens (including phenoxy) is 1. The number of likely N-dealkylation sites (N-methyl/N-ethyl adjacent to an activating group) is 1. The molecule has 4 heteroatoms. The number of benzene rings is 1. The molecule has 1 aliphatic rings. The smallest absolute Gasteiger partial charge is 0.253 e. The highest BCUT2D eigenvalue weighted by molar-refractivity contribution is 5.94. The van der Waals surface area contributed by atoms with Gasteiger partial charge in [0.25, 0.3) is 5.91 Å². The molecule has 1 unspecified atom stereocenters. The highest BCUT2D eigenvalue weighted by atomic mass is 19.1. The second kappa shape index (κ2) is 4.61. The van der Waals surface area contributed by atoms with Gasteiger partial charge < -0.3 is 9.64 Å². The Morgan fingerprint density at radius 1 is 1.44 bits per heavy atom. The number of rotatable bonds is 2. The molecule has 1 heterocycles.